The number of nitrogens with one attached hydrogen (secondary N) is 1. The first-order chi connectivity index (χ1) is 19.7. The normalized spacial score (nSPS) is 13.5. The number of ether oxygens (including phenoxy) is 1. The number of amides is 1. The van der Waals surface area contributed by atoms with Gasteiger partial charge in [-0.25, -0.2) is 9.67 Å². The van der Waals surface area contributed by atoms with Crippen molar-refractivity contribution in [3.63, 3.8) is 0 Å². The van der Waals surface area contributed by atoms with Gasteiger partial charge in [0.15, 0.2) is 0 Å². The lowest BCUT2D eigenvalue weighted by atomic mass is 9.96. The highest BCUT2D eigenvalue weighted by Crippen LogP contribution is 2.41. The van der Waals surface area contributed by atoms with Crippen LogP contribution < -0.4 is 15.6 Å². The zero-order valence-corrected chi connectivity index (χ0v) is 24.0. The van der Waals surface area contributed by atoms with E-state index in [9.17, 15) is 14.4 Å². The first-order valence-electron chi connectivity index (χ1n) is 12.7. The standard InChI is InChI=1S/C29H26Cl2N6O4/c1-16(38)17-13-37(14-17)15-24-28(41-3)35-23(12-32-24)20-8-4-6-18(25(20)30)19-7-5-9-22(26(19)31)34-27(39)21-10-11-33-36(2)29(21)40/h4-12,17H,13-15H2,1-3H3,(H,34,39). The monoisotopic (exact) mass is 592 g/mol. The van der Waals surface area contributed by atoms with E-state index >= 15 is 0 Å². The second-order valence-corrected chi connectivity index (χ2v) is 10.4. The maximum atomic E-state index is 12.8. The minimum atomic E-state index is -0.607. The van der Waals surface area contributed by atoms with Crippen LogP contribution in [-0.4, -0.2) is 56.5 Å². The zero-order valence-electron chi connectivity index (χ0n) is 22.5. The summed E-state index contributed by atoms with van der Waals surface area (Å²) in [5.41, 5.74) is 2.72. The number of methoxy groups -OCH3 is 1. The number of halogens is 2. The van der Waals surface area contributed by atoms with Crippen LogP contribution in [0.25, 0.3) is 22.4 Å². The van der Waals surface area contributed by atoms with Crippen molar-refractivity contribution in [3.05, 3.63) is 86.5 Å². The highest BCUT2D eigenvalue weighted by Gasteiger charge is 2.31. The van der Waals surface area contributed by atoms with Gasteiger partial charge in [-0.05, 0) is 19.1 Å². The van der Waals surface area contributed by atoms with E-state index in [0.717, 1.165) is 4.68 Å². The molecule has 2 aromatic heterocycles. The molecule has 1 amide bonds. The smallest absolute Gasteiger partial charge is 0.279 e. The molecule has 210 valence electrons. The van der Waals surface area contributed by atoms with Gasteiger partial charge in [0, 0.05) is 55.5 Å². The van der Waals surface area contributed by atoms with E-state index in [1.807, 2.05) is 18.2 Å². The third-order valence-corrected chi connectivity index (χ3v) is 7.79. The number of carbonyl (C=O) groups excluding carboxylic acids is 2. The van der Waals surface area contributed by atoms with Gasteiger partial charge in [0.05, 0.1) is 34.7 Å². The fourth-order valence-electron chi connectivity index (χ4n) is 4.61. The van der Waals surface area contributed by atoms with Gasteiger partial charge >= 0.3 is 0 Å². The number of likely N-dealkylation sites (tertiary alicyclic amines) is 1. The van der Waals surface area contributed by atoms with Crippen LogP contribution in [0.1, 0.15) is 23.0 Å². The molecule has 41 heavy (non-hydrogen) atoms. The van der Waals surface area contributed by atoms with Crippen molar-refractivity contribution < 1.29 is 14.3 Å². The molecule has 2 aromatic carbocycles. The van der Waals surface area contributed by atoms with E-state index < -0.39 is 11.5 Å². The lowest BCUT2D eigenvalue weighted by Gasteiger charge is -2.37. The van der Waals surface area contributed by atoms with E-state index in [4.69, 9.17) is 27.9 Å². The van der Waals surface area contributed by atoms with E-state index in [1.165, 1.54) is 26.4 Å². The quantitative estimate of drug-likeness (QED) is 0.318. The number of Topliss-reactive ketones (excluding diaryl/α,β-unsaturated/α-hetero) is 1. The number of aryl methyl sites for hydroxylation is 1. The predicted molar refractivity (Wildman–Crippen MR) is 156 cm³/mol. The molecule has 0 radical (unpaired) electrons. The molecule has 12 heteroatoms. The minimum Gasteiger partial charge on any atom is -0.480 e. The molecule has 4 aromatic rings. The van der Waals surface area contributed by atoms with Gasteiger partial charge in [-0.3, -0.25) is 24.3 Å². The Morgan fingerprint density at radius 2 is 1.73 bits per heavy atom. The summed E-state index contributed by atoms with van der Waals surface area (Å²) in [6.45, 7) is 3.51. The van der Waals surface area contributed by atoms with Crippen molar-refractivity contribution in [3.8, 4) is 28.3 Å². The Balaban J connectivity index is 1.42. The zero-order chi connectivity index (χ0) is 29.3. The SMILES string of the molecule is COc1nc(-c2cccc(-c3cccc(NC(=O)c4ccnn(C)c4=O)c3Cl)c2Cl)cnc1CN1CC(C(C)=O)C1. The van der Waals surface area contributed by atoms with Crippen LogP contribution >= 0.6 is 23.2 Å². The molecule has 5 rings (SSSR count). The van der Waals surface area contributed by atoms with Gasteiger partial charge in [-0.2, -0.15) is 5.10 Å². The topological polar surface area (TPSA) is 119 Å². The molecule has 1 aliphatic heterocycles. The Kier molecular flexibility index (Phi) is 8.16. The van der Waals surface area contributed by atoms with Gasteiger partial charge in [-0.15, -0.1) is 0 Å². The molecule has 0 saturated carbocycles. The third kappa shape index (κ3) is 5.72. The first-order valence-corrected chi connectivity index (χ1v) is 13.5. The summed E-state index contributed by atoms with van der Waals surface area (Å²) in [4.78, 5) is 48.1. The second kappa shape index (κ2) is 11.8. The van der Waals surface area contributed by atoms with Crippen LogP contribution in [0.2, 0.25) is 10.0 Å². The Labute approximate surface area is 245 Å². The number of ketones is 1. The van der Waals surface area contributed by atoms with Gasteiger partial charge < -0.3 is 10.1 Å². The second-order valence-electron chi connectivity index (χ2n) is 9.67. The lowest BCUT2D eigenvalue weighted by Crippen LogP contribution is -2.49. The number of anilines is 1. The van der Waals surface area contributed by atoms with Crippen molar-refractivity contribution in [1.29, 1.82) is 0 Å². The summed E-state index contributed by atoms with van der Waals surface area (Å²) in [7, 11) is 3.00. The number of rotatable bonds is 8. The molecule has 10 nitrogen and oxygen atoms in total. The molecule has 1 N–H and O–H groups in total. The van der Waals surface area contributed by atoms with Crippen molar-refractivity contribution in [2.45, 2.75) is 13.5 Å². The predicted octanol–water partition coefficient (Wildman–Crippen LogP) is 4.49. The molecule has 0 atom stereocenters. The Bertz CT molecular complexity index is 1720. The molecule has 0 bridgehead atoms. The van der Waals surface area contributed by atoms with Gasteiger partial charge in [0.1, 0.15) is 17.0 Å². The Morgan fingerprint density at radius 1 is 1.05 bits per heavy atom. The van der Waals surface area contributed by atoms with Crippen molar-refractivity contribution in [1.82, 2.24) is 24.6 Å². The van der Waals surface area contributed by atoms with Gasteiger partial charge in [0.2, 0.25) is 5.88 Å². The fraction of sp³-hybridized carbons (Fsp3) is 0.241. The summed E-state index contributed by atoms with van der Waals surface area (Å²) in [6, 6.07) is 12.0. The largest absolute Gasteiger partial charge is 0.480 e. The number of hydrogen-bond donors (Lipinski definition) is 1. The molecular formula is C29H26Cl2N6O4. The highest BCUT2D eigenvalue weighted by molar-refractivity contribution is 6.39. The summed E-state index contributed by atoms with van der Waals surface area (Å²) >= 11 is 13.6. The van der Waals surface area contributed by atoms with Crippen molar-refractivity contribution in [2.75, 3.05) is 25.5 Å². The van der Waals surface area contributed by atoms with Crippen LogP contribution in [0.3, 0.4) is 0 Å². The first kappa shape index (κ1) is 28.4. The minimum absolute atomic E-state index is 0.0623. The molecule has 1 saturated heterocycles. The fourth-order valence-corrected chi connectivity index (χ4v) is 5.21. The van der Waals surface area contributed by atoms with E-state index in [2.05, 4.69) is 25.3 Å². The average molecular weight is 593 g/mol. The molecule has 0 aliphatic carbocycles. The molecule has 0 spiro atoms. The number of benzene rings is 2. The van der Waals surface area contributed by atoms with E-state index in [0.29, 0.717) is 64.3 Å². The van der Waals surface area contributed by atoms with Crippen molar-refractivity contribution in [2.24, 2.45) is 13.0 Å². The number of carbonyl (C=O) groups is 2. The maximum absolute atomic E-state index is 12.8. The number of hydrogen-bond acceptors (Lipinski definition) is 8. The van der Waals surface area contributed by atoms with Crippen LogP contribution in [0.15, 0.2) is 59.7 Å². The van der Waals surface area contributed by atoms with Crippen LogP contribution in [0.5, 0.6) is 5.88 Å². The number of aromatic nitrogens is 4. The Morgan fingerprint density at radius 3 is 2.44 bits per heavy atom. The summed E-state index contributed by atoms with van der Waals surface area (Å²) in [5.74, 6) is 0.0257. The average Bonchev–Trinajstić information content (AvgIpc) is 2.93. The van der Waals surface area contributed by atoms with Crippen LogP contribution in [0.4, 0.5) is 5.69 Å². The van der Waals surface area contributed by atoms with Crippen molar-refractivity contribution >= 4 is 40.6 Å². The van der Waals surface area contributed by atoms with Gasteiger partial charge in [0.25, 0.3) is 11.5 Å². The summed E-state index contributed by atoms with van der Waals surface area (Å²) in [6.07, 6.45) is 3.01. The molecular weight excluding hydrogens is 567 g/mol. The van der Waals surface area contributed by atoms with E-state index in [1.54, 1.807) is 31.3 Å². The maximum Gasteiger partial charge on any atom is 0.279 e. The summed E-state index contributed by atoms with van der Waals surface area (Å²) in [5, 5.41) is 7.19. The Hall–Kier alpha value is -4.12. The highest BCUT2D eigenvalue weighted by atomic mass is 35.5. The molecule has 1 fully saturated rings. The summed E-state index contributed by atoms with van der Waals surface area (Å²) < 4.78 is 6.61. The van der Waals surface area contributed by atoms with Gasteiger partial charge in [-0.1, -0.05) is 53.5 Å². The molecule has 0 unspecified atom stereocenters. The lowest BCUT2D eigenvalue weighted by molar-refractivity contribution is -0.126. The molecule has 1 aliphatic rings. The third-order valence-electron chi connectivity index (χ3n) is 6.97. The van der Waals surface area contributed by atoms with Crippen LogP contribution in [0, 0.1) is 5.92 Å². The molecule has 3 heterocycles. The van der Waals surface area contributed by atoms with Crippen LogP contribution in [-0.2, 0) is 18.4 Å². The number of nitrogens with zero attached hydrogens (tertiary/aromatic N) is 5. The van der Waals surface area contributed by atoms with E-state index in [-0.39, 0.29) is 22.3 Å².